The highest BCUT2D eigenvalue weighted by Gasteiger charge is 2.24. The van der Waals surface area contributed by atoms with E-state index in [9.17, 15) is 9.90 Å². The van der Waals surface area contributed by atoms with Gasteiger partial charge in [-0.2, -0.15) is 0 Å². The fourth-order valence-electron chi connectivity index (χ4n) is 2.93. The summed E-state index contributed by atoms with van der Waals surface area (Å²) in [5, 5.41) is 11.1. The highest BCUT2D eigenvalue weighted by Crippen LogP contribution is 2.16. The average Bonchev–Trinajstić information content (AvgIpc) is 2.82. The molecule has 1 atom stereocenters. The number of hydrogen-bond donors (Lipinski definition) is 1. The van der Waals surface area contributed by atoms with E-state index in [-0.39, 0.29) is 5.91 Å². The molecule has 1 fully saturated rings. The minimum atomic E-state index is -0.519. The van der Waals surface area contributed by atoms with Gasteiger partial charge in [-0.1, -0.05) is 48.2 Å². The number of β-amino-alcohol motifs (C(OH)–C–C–N with tert-alkyl or cyclic N) is 1. The topological polar surface area (TPSA) is 56.7 Å². The predicted molar refractivity (Wildman–Crippen MR) is 99.3 cm³/mol. The molecule has 132 valence electrons. The lowest BCUT2D eigenvalue weighted by Gasteiger charge is -2.21. The number of rotatable bonds is 5. The van der Waals surface area contributed by atoms with Gasteiger partial charge in [-0.15, -0.1) is 0 Å². The number of aliphatic hydroxyl groups is 1. The van der Waals surface area contributed by atoms with Gasteiger partial charge < -0.3 is 10.0 Å². The number of carbonyl (C=O) groups is 1. The lowest BCUT2D eigenvalue weighted by atomic mass is 10.2. The molecule has 1 amide bonds. The van der Waals surface area contributed by atoms with Crippen LogP contribution in [0.3, 0.4) is 0 Å². The van der Waals surface area contributed by atoms with Gasteiger partial charge in [0.1, 0.15) is 0 Å². The van der Waals surface area contributed by atoms with Crippen LogP contribution >= 0.6 is 11.8 Å². The molecule has 25 heavy (non-hydrogen) atoms. The van der Waals surface area contributed by atoms with Crippen molar-refractivity contribution in [3.8, 4) is 0 Å². The summed E-state index contributed by atoms with van der Waals surface area (Å²) in [5.74, 6) is 0.402. The molecule has 0 aliphatic carbocycles. The number of thioether (sulfide) groups is 1. The minimum Gasteiger partial charge on any atom is -0.390 e. The molecule has 3 rings (SSSR count). The second-order valence-corrected chi connectivity index (χ2v) is 7.17. The van der Waals surface area contributed by atoms with Crippen LogP contribution in [0.5, 0.6) is 0 Å². The summed E-state index contributed by atoms with van der Waals surface area (Å²) in [5.41, 5.74) is 1.22. The summed E-state index contributed by atoms with van der Waals surface area (Å²) in [6.07, 6.45) is 1.21. The van der Waals surface area contributed by atoms with E-state index < -0.39 is 6.10 Å². The quantitative estimate of drug-likeness (QED) is 0.828. The third-order valence-electron chi connectivity index (χ3n) is 4.17. The number of pyridine rings is 1. The number of hydrogen-bond acceptors (Lipinski definition) is 5. The number of nitrogens with zero attached hydrogens (tertiary/aromatic N) is 3. The number of aromatic nitrogens is 1. The van der Waals surface area contributed by atoms with E-state index in [0.717, 1.165) is 18.1 Å². The van der Waals surface area contributed by atoms with Crippen molar-refractivity contribution < 1.29 is 9.90 Å². The van der Waals surface area contributed by atoms with Crippen LogP contribution in [0, 0.1) is 0 Å². The van der Waals surface area contributed by atoms with Crippen molar-refractivity contribution in [3.63, 3.8) is 0 Å². The van der Waals surface area contributed by atoms with E-state index in [2.05, 4.69) is 22.0 Å². The Morgan fingerprint density at radius 2 is 1.92 bits per heavy atom. The maximum absolute atomic E-state index is 12.5. The minimum absolute atomic E-state index is 0.0521. The molecule has 1 saturated heterocycles. The highest BCUT2D eigenvalue weighted by molar-refractivity contribution is 7.99. The Kier molecular flexibility index (Phi) is 6.44. The molecule has 1 aliphatic rings. The van der Waals surface area contributed by atoms with Gasteiger partial charge in [0.05, 0.1) is 16.9 Å². The van der Waals surface area contributed by atoms with Gasteiger partial charge >= 0.3 is 0 Å². The van der Waals surface area contributed by atoms with Crippen molar-refractivity contribution in [3.05, 3.63) is 60.3 Å². The van der Waals surface area contributed by atoms with Crippen LogP contribution in [-0.2, 0) is 11.3 Å². The zero-order chi connectivity index (χ0) is 17.5. The van der Waals surface area contributed by atoms with E-state index in [4.69, 9.17) is 0 Å². The Hall–Kier alpha value is -1.89. The molecular weight excluding hydrogens is 334 g/mol. The number of carbonyl (C=O) groups excluding carboxylic acids is 1. The fraction of sp³-hybridized carbons (Fsp3) is 0.368. The van der Waals surface area contributed by atoms with Crippen LogP contribution in [0.2, 0.25) is 0 Å². The molecule has 1 N–H and O–H groups in total. The van der Waals surface area contributed by atoms with Gasteiger partial charge in [0, 0.05) is 38.9 Å². The third-order valence-corrected chi connectivity index (χ3v) is 5.10. The van der Waals surface area contributed by atoms with Gasteiger partial charge in [-0.25, -0.2) is 4.98 Å². The smallest absolute Gasteiger partial charge is 0.233 e. The maximum atomic E-state index is 12.5. The fourth-order valence-corrected chi connectivity index (χ4v) is 3.69. The van der Waals surface area contributed by atoms with Gasteiger partial charge in [0.2, 0.25) is 5.91 Å². The third kappa shape index (κ3) is 5.56. The van der Waals surface area contributed by atoms with Gasteiger partial charge in [0.15, 0.2) is 0 Å². The first kappa shape index (κ1) is 17.9. The lowest BCUT2D eigenvalue weighted by Crippen LogP contribution is -2.38. The first-order valence-corrected chi connectivity index (χ1v) is 9.45. The number of aliphatic hydroxyl groups excluding tert-OH is 1. The molecule has 6 heteroatoms. The standard InChI is InChI=1S/C19H23N3O2S/c23-17-13-21(12-16-6-2-1-3-7-16)10-11-22(14-17)19(24)15-25-18-8-4-5-9-20-18/h1-9,17,23H,10-15H2. The van der Waals surface area contributed by atoms with Crippen LogP contribution < -0.4 is 0 Å². The zero-order valence-electron chi connectivity index (χ0n) is 14.1. The summed E-state index contributed by atoms with van der Waals surface area (Å²) >= 11 is 1.44. The van der Waals surface area contributed by atoms with Crippen molar-refractivity contribution in [1.82, 2.24) is 14.8 Å². The van der Waals surface area contributed by atoms with Crippen LogP contribution in [-0.4, -0.2) is 63.8 Å². The summed E-state index contributed by atoms with van der Waals surface area (Å²) in [6.45, 7) is 3.19. The number of benzene rings is 1. The van der Waals surface area contributed by atoms with Gasteiger partial charge in [-0.05, 0) is 17.7 Å². The first-order chi connectivity index (χ1) is 12.2. The van der Waals surface area contributed by atoms with E-state index in [1.807, 2.05) is 36.4 Å². The second-order valence-electron chi connectivity index (χ2n) is 6.17. The molecule has 0 saturated carbocycles. The normalized spacial score (nSPS) is 18.8. The van der Waals surface area contributed by atoms with Crippen LogP contribution in [0.1, 0.15) is 5.56 Å². The van der Waals surface area contributed by atoms with Crippen molar-refractivity contribution in [2.24, 2.45) is 0 Å². The highest BCUT2D eigenvalue weighted by atomic mass is 32.2. The van der Waals surface area contributed by atoms with E-state index in [0.29, 0.717) is 25.4 Å². The summed E-state index contributed by atoms with van der Waals surface area (Å²) in [4.78, 5) is 20.7. The molecule has 5 nitrogen and oxygen atoms in total. The zero-order valence-corrected chi connectivity index (χ0v) is 14.9. The molecule has 1 aromatic carbocycles. The molecule has 0 radical (unpaired) electrons. The monoisotopic (exact) mass is 357 g/mol. The maximum Gasteiger partial charge on any atom is 0.233 e. The van der Waals surface area contributed by atoms with Crippen molar-refractivity contribution in [1.29, 1.82) is 0 Å². The molecule has 2 aromatic rings. The molecule has 0 spiro atoms. The Balaban J connectivity index is 1.52. The van der Waals surface area contributed by atoms with E-state index in [1.54, 1.807) is 11.1 Å². The molecular formula is C19H23N3O2S. The van der Waals surface area contributed by atoms with Crippen LogP contribution in [0.25, 0.3) is 0 Å². The number of amides is 1. The summed E-state index contributed by atoms with van der Waals surface area (Å²) < 4.78 is 0. The molecule has 2 heterocycles. The molecule has 0 bridgehead atoms. The molecule has 1 aliphatic heterocycles. The Morgan fingerprint density at radius 3 is 2.68 bits per heavy atom. The van der Waals surface area contributed by atoms with Crippen molar-refractivity contribution in [2.75, 3.05) is 31.9 Å². The van der Waals surface area contributed by atoms with E-state index >= 15 is 0 Å². The first-order valence-electron chi connectivity index (χ1n) is 8.46. The Bertz CT molecular complexity index is 669. The summed E-state index contributed by atoms with van der Waals surface area (Å²) in [7, 11) is 0. The largest absolute Gasteiger partial charge is 0.390 e. The van der Waals surface area contributed by atoms with E-state index in [1.165, 1.54) is 17.3 Å². The molecule has 1 unspecified atom stereocenters. The summed E-state index contributed by atoms with van der Waals surface area (Å²) in [6, 6.07) is 15.9. The van der Waals surface area contributed by atoms with Crippen molar-refractivity contribution >= 4 is 17.7 Å². The Morgan fingerprint density at radius 1 is 1.12 bits per heavy atom. The lowest BCUT2D eigenvalue weighted by molar-refractivity contribution is -0.129. The molecule has 1 aromatic heterocycles. The predicted octanol–water partition coefficient (Wildman–Crippen LogP) is 1.88. The second kappa shape index (κ2) is 8.99. The SMILES string of the molecule is O=C(CSc1ccccn1)N1CCN(Cc2ccccc2)CC(O)C1. The van der Waals surface area contributed by atoms with Crippen molar-refractivity contribution in [2.45, 2.75) is 17.7 Å². The van der Waals surface area contributed by atoms with Crippen LogP contribution in [0.4, 0.5) is 0 Å². The Labute approximate surface area is 152 Å². The average molecular weight is 357 g/mol. The van der Waals surface area contributed by atoms with Crippen LogP contribution in [0.15, 0.2) is 59.8 Å². The van der Waals surface area contributed by atoms with Gasteiger partial charge in [0.25, 0.3) is 0 Å². The van der Waals surface area contributed by atoms with Gasteiger partial charge in [-0.3, -0.25) is 9.69 Å².